The Labute approximate surface area is 170 Å². The average molecular weight is 407 g/mol. The fourth-order valence-corrected chi connectivity index (χ4v) is 4.29. The lowest BCUT2D eigenvalue weighted by atomic mass is 9.74. The van der Waals surface area contributed by atoms with Crippen LogP contribution in [-0.2, 0) is 16.6 Å². The van der Waals surface area contributed by atoms with E-state index in [0.717, 1.165) is 67.2 Å². The molecular weight excluding hydrogens is 380 g/mol. The van der Waals surface area contributed by atoms with Gasteiger partial charge in [-0.15, -0.1) is 11.3 Å². The van der Waals surface area contributed by atoms with Gasteiger partial charge < -0.3 is 15.4 Å². The molecule has 146 valence electrons. The highest BCUT2D eigenvalue weighted by Crippen LogP contribution is 2.35. The molecule has 0 bridgehead atoms. The van der Waals surface area contributed by atoms with Crippen molar-refractivity contribution in [2.45, 2.75) is 31.6 Å². The zero-order valence-corrected chi connectivity index (χ0v) is 17.5. The third-order valence-corrected chi connectivity index (χ3v) is 6.10. The Morgan fingerprint density at radius 2 is 2.15 bits per heavy atom. The minimum Gasteiger partial charge on any atom is -0.381 e. The smallest absolute Gasteiger partial charge is 0.191 e. The lowest BCUT2D eigenvalue weighted by molar-refractivity contribution is 0.0514. The molecule has 1 fully saturated rings. The van der Waals surface area contributed by atoms with Crippen LogP contribution < -0.4 is 10.6 Å². The number of nitrogens with zero attached hydrogens (tertiary/aromatic N) is 2. The van der Waals surface area contributed by atoms with Crippen molar-refractivity contribution in [3.8, 4) is 0 Å². The third kappa shape index (κ3) is 5.43. The van der Waals surface area contributed by atoms with Crippen LogP contribution in [0.1, 0.15) is 29.1 Å². The Balaban J connectivity index is 1.60. The monoisotopic (exact) mass is 406 g/mol. The van der Waals surface area contributed by atoms with E-state index >= 15 is 0 Å². The van der Waals surface area contributed by atoms with Crippen LogP contribution in [0, 0.1) is 6.92 Å². The second kappa shape index (κ2) is 9.53. The topological polar surface area (TPSA) is 58.5 Å². The fraction of sp³-hybridized carbons (Fsp3) is 0.500. The molecule has 2 heterocycles. The van der Waals surface area contributed by atoms with Gasteiger partial charge in [0.15, 0.2) is 5.96 Å². The summed E-state index contributed by atoms with van der Waals surface area (Å²) in [6, 6.07) is 8.19. The minimum atomic E-state index is 0.00674. The Morgan fingerprint density at radius 3 is 2.81 bits per heavy atom. The number of hydrogen-bond donors (Lipinski definition) is 2. The molecule has 27 heavy (non-hydrogen) atoms. The first-order valence-corrected chi connectivity index (χ1v) is 10.6. The Bertz CT molecular complexity index is 771. The number of nitrogens with one attached hydrogen (secondary N) is 2. The van der Waals surface area contributed by atoms with Gasteiger partial charge in [-0.1, -0.05) is 23.7 Å². The van der Waals surface area contributed by atoms with E-state index < -0.39 is 0 Å². The number of aromatic nitrogens is 1. The van der Waals surface area contributed by atoms with Crippen molar-refractivity contribution in [2.75, 3.05) is 33.4 Å². The number of thiazole rings is 1. The van der Waals surface area contributed by atoms with Gasteiger partial charge in [-0.25, -0.2) is 4.98 Å². The molecule has 0 amide bonds. The second-order valence-electron chi connectivity index (χ2n) is 6.86. The number of guanidine groups is 1. The summed E-state index contributed by atoms with van der Waals surface area (Å²) in [7, 11) is 1.80. The van der Waals surface area contributed by atoms with Gasteiger partial charge in [0, 0.05) is 55.6 Å². The number of hydrogen-bond acceptors (Lipinski definition) is 4. The summed E-state index contributed by atoms with van der Waals surface area (Å²) in [6.45, 7) is 5.17. The zero-order chi connectivity index (χ0) is 19.1. The maximum Gasteiger partial charge on any atom is 0.191 e. The maximum absolute atomic E-state index is 6.25. The molecule has 3 rings (SSSR count). The predicted octanol–water partition coefficient (Wildman–Crippen LogP) is 3.56. The fourth-order valence-electron chi connectivity index (χ4n) is 3.45. The molecule has 0 aliphatic carbocycles. The van der Waals surface area contributed by atoms with Gasteiger partial charge in [0.25, 0.3) is 0 Å². The van der Waals surface area contributed by atoms with E-state index in [1.165, 1.54) is 5.56 Å². The van der Waals surface area contributed by atoms with Gasteiger partial charge in [-0.3, -0.25) is 4.99 Å². The van der Waals surface area contributed by atoms with Crippen LogP contribution in [0.4, 0.5) is 0 Å². The minimum absolute atomic E-state index is 0.00674. The highest BCUT2D eigenvalue weighted by molar-refractivity contribution is 7.09. The molecule has 0 radical (unpaired) electrons. The van der Waals surface area contributed by atoms with Gasteiger partial charge in [0.2, 0.25) is 0 Å². The standard InChI is InChI=1S/C20H27ClN4OS/c1-15-25-18(13-27-15)6-9-23-19(22-2)24-14-20(7-10-26-11-8-20)16-4-3-5-17(21)12-16/h3-5,12-13H,6-11,14H2,1-2H3,(H2,22,23,24). The Kier molecular flexibility index (Phi) is 7.10. The van der Waals surface area contributed by atoms with E-state index in [1.807, 2.05) is 19.1 Å². The van der Waals surface area contributed by atoms with Crippen LogP contribution in [0.2, 0.25) is 5.02 Å². The van der Waals surface area contributed by atoms with E-state index in [-0.39, 0.29) is 5.41 Å². The largest absolute Gasteiger partial charge is 0.381 e. The van der Waals surface area contributed by atoms with Crippen LogP contribution in [0.15, 0.2) is 34.6 Å². The number of aliphatic imine (C=N–C) groups is 1. The molecule has 2 aromatic rings. The molecule has 1 aromatic carbocycles. The first-order valence-electron chi connectivity index (χ1n) is 9.31. The van der Waals surface area contributed by atoms with E-state index in [4.69, 9.17) is 16.3 Å². The summed E-state index contributed by atoms with van der Waals surface area (Å²) in [5, 5.41) is 10.9. The van der Waals surface area contributed by atoms with Gasteiger partial charge in [0.1, 0.15) is 0 Å². The van der Waals surface area contributed by atoms with Crippen molar-refractivity contribution >= 4 is 28.9 Å². The number of halogens is 1. The molecular formula is C20H27ClN4OS. The molecule has 2 N–H and O–H groups in total. The highest BCUT2D eigenvalue weighted by atomic mass is 35.5. The van der Waals surface area contributed by atoms with Crippen molar-refractivity contribution in [1.29, 1.82) is 0 Å². The summed E-state index contributed by atoms with van der Waals surface area (Å²) in [5.74, 6) is 0.815. The summed E-state index contributed by atoms with van der Waals surface area (Å²) in [6.07, 6.45) is 2.82. The van der Waals surface area contributed by atoms with Gasteiger partial charge in [-0.2, -0.15) is 0 Å². The number of ether oxygens (including phenoxy) is 1. The Hall–Kier alpha value is -1.63. The van der Waals surface area contributed by atoms with Crippen LogP contribution >= 0.6 is 22.9 Å². The van der Waals surface area contributed by atoms with Gasteiger partial charge >= 0.3 is 0 Å². The quantitative estimate of drug-likeness (QED) is 0.568. The number of benzene rings is 1. The molecule has 0 unspecified atom stereocenters. The van der Waals surface area contributed by atoms with Gasteiger partial charge in [-0.05, 0) is 37.5 Å². The first-order chi connectivity index (χ1) is 13.1. The van der Waals surface area contributed by atoms with Crippen molar-refractivity contribution in [3.63, 3.8) is 0 Å². The van der Waals surface area contributed by atoms with Crippen molar-refractivity contribution in [3.05, 3.63) is 50.9 Å². The van der Waals surface area contributed by atoms with Crippen LogP contribution in [-0.4, -0.2) is 44.3 Å². The lowest BCUT2D eigenvalue weighted by Gasteiger charge is -2.38. The van der Waals surface area contributed by atoms with Crippen molar-refractivity contribution in [1.82, 2.24) is 15.6 Å². The molecule has 0 spiro atoms. The molecule has 1 aliphatic rings. The predicted molar refractivity (Wildman–Crippen MR) is 113 cm³/mol. The van der Waals surface area contributed by atoms with Gasteiger partial charge in [0.05, 0.1) is 10.7 Å². The number of rotatable bonds is 6. The molecule has 1 saturated heterocycles. The summed E-state index contributed by atoms with van der Waals surface area (Å²) in [4.78, 5) is 8.87. The number of aryl methyl sites for hydroxylation is 1. The Morgan fingerprint density at radius 1 is 1.33 bits per heavy atom. The summed E-state index contributed by atoms with van der Waals surface area (Å²) < 4.78 is 5.61. The molecule has 0 saturated carbocycles. The zero-order valence-electron chi connectivity index (χ0n) is 15.9. The van der Waals surface area contributed by atoms with E-state index in [2.05, 4.69) is 38.1 Å². The third-order valence-electron chi connectivity index (χ3n) is 5.04. The SMILES string of the molecule is CN=C(NCCc1csc(C)n1)NCC1(c2cccc(Cl)c2)CCOCC1. The lowest BCUT2D eigenvalue weighted by Crippen LogP contribution is -2.48. The molecule has 1 aliphatic heterocycles. The van der Waals surface area contributed by atoms with E-state index in [0.29, 0.717) is 0 Å². The summed E-state index contributed by atoms with van der Waals surface area (Å²) in [5.41, 5.74) is 2.40. The first kappa shape index (κ1) is 20.1. The second-order valence-corrected chi connectivity index (χ2v) is 8.36. The van der Waals surface area contributed by atoms with Crippen molar-refractivity contribution < 1.29 is 4.74 Å². The molecule has 1 aromatic heterocycles. The normalized spacial score (nSPS) is 16.9. The molecule has 5 nitrogen and oxygen atoms in total. The molecule has 7 heteroatoms. The van der Waals surface area contributed by atoms with Crippen LogP contribution in [0.5, 0.6) is 0 Å². The summed E-state index contributed by atoms with van der Waals surface area (Å²) >= 11 is 7.94. The van der Waals surface area contributed by atoms with Crippen molar-refractivity contribution in [2.24, 2.45) is 4.99 Å². The molecule has 0 atom stereocenters. The average Bonchev–Trinajstić information content (AvgIpc) is 3.10. The maximum atomic E-state index is 6.25. The van der Waals surface area contributed by atoms with Crippen LogP contribution in [0.25, 0.3) is 0 Å². The van der Waals surface area contributed by atoms with Crippen LogP contribution in [0.3, 0.4) is 0 Å². The van der Waals surface area contributed by atoms with E-state index in [9.17, 15) is 0 Å². The highest BCUT2D eigenvalue weighted by Gasteiger charge is 2.34. The van der Waals surface area contributed by atoms with E-state index in [1.54, 1.807) is 18.4 Å².